The van der Waals surface area contributed by atoms with Crippen molar-refractivity contribution >= 4 is 11.3 Å². The monoisotopic (exact) mass is 276 g/mol. The molecule has 0 aliphatic heterocycles. The van der Waals surface area contributed by atoms with Crippen LogP contribution >= 0.6 is 11.3 Å². The van der Waals surface area contributed by atoms with Crippen LogP contribution in [0.25, 0.3) is 0 Å². The minimum absolute atomic E-state index is 0.341. The molecule has 19 heavy (non-hydrogen) atoms. The highest BCUT2D eigenvalue weighted by molar-refractivity contribution is 7.10. The molecule has 0 aliphatic rings. The van der Waals surface area contributed by atoms with E-state index in [4.69, 9.17) is 4.74 Å². The number of thiophene rings is 1. The zero-order chi connectivity index (χ0) is 13.8. The number of ether oxygens (including phenoxy) is 1. The van der Waals surface area contributed by atoms with Gasteiger partial charge in [0.2, 0.25) is 0 Å². The molecule has 0 saturated heterocycles. The SMILES string of the molecule is COc1c(C)cnc(CN[C@H](C)c2cccs2)c1C. The first-order valence-corrected chi connectivity index (χ1v) is 7.27. The molecule has 0 saturated carbocycles. The lowest BCUT2D eigenvalue weighted by molar-refractivity contribution is 0.406. The summed E-state index contributed by atoms with van der Waals surface area (Å²) in [5.41, 5.74) is 3.24. The van der Waals surface area contributed by atoms with Gasteiger partial charge in [0.25, 0.3) is 0 Å². The number of methoxy groups -OCH3 is 1. The van der Waals surface area contributed by atoms with Gasteiger partial charge in [0.05, 0.1) is 12.8 Å². The number of nitrogens with zero attached hydrogens (tertiary/aromatic N) is 1. The van der Waals surface area contributed by atoms with Gasteiger partial charge in [-0.15, -0.1) is 11.3 Å². The first kappa shape index (κ1) is 14.0. The van der Waals surface area contributed by atoms with E-state index in [-0.39, 0.29) is 0 Å². The lowest BCUT2D eigenvalue weighted by atomic mass is 10.1. The Morgan fingerprint density at radius 3 is 2.84 bits per heavy atom. The van der Waals surface area contributed by atoms with Crippen molar-refractivity contribution in [3.8, 4) is 5.75 Å². The zero-order valence-electron chi connectivity index (χ0n) is 11.9. The second kappa shape index (κ2) is 6.17. The second-order valence-electron chi connectivity index (χ2n) is 4.66. The van der Waals surface area contributed by atoms with Crippen LogP contribution < -0.4 is 10.1 Å². The molecule has 0 unspecified atom stereocenters. The molecule has 1 atom stereocenters. The van der Waals surface area contributed by atoms with Gasteiger partial charge in [-0.1, -0.05) is 6.07 Å². The Bertz CT molecular complexity index is 537. The van der Waals surface area contributed by atoms with Gasteiger partial charge in [-0.25, -0.2) is 0 Å². The number of pyridine rings is 1. The molecule has 0 fully saturated rings. The van der Waals surface area contributed by atoms with Crippen LogP contribution in [-0.4, -0.2) is 12.1 Å². The highest BCUT2D eigenvalue weighted by Crippen LogP contribution is 2.24. The van der Waals surface area contributed by atoms with Crippen LogP contribution in [0.15, 0.2) is 23.7 Å². The topological polar surface area (TPSA) is 34.1 Å². The average Bonchev–Trinajstić information content (AvgIpc) is 2.92. The third-order valence-electron chi connectivity index (χ3n) is 3.30. The van der Waals surface area contributed by atoms with Crippen molar-refractivity contribution in [2.75, 3.05) is 7.11 Å². The third kappa shape index (κ3) is 3.14. The molecule has 2 heterocycles. The predicted molar refractivity (Wildman–Crippen MR) is 79.8 cm³/mol. The Hall–Kier alpha value is -1.39. The van der Waals surface area contributed by atoms with Gasteiger partial charge < -0.3 is 10.1 Å². The van der Waals surface area contributed by atoms with Gasteiger partial charge in [0, 0.05) is 34.8 Å². The van der Waals surface area contributed by atoms with E-state index in [1.54, 1.807) is 18.4 Å². The Morgan fingerprint density at radius 1 is 1.42 bits per heavy atom. The maximum Gasteiger partial charge on any atom is 0.128 e. The van der Waals surface area contributed by atoms with Gasteiger partial charge in [-0.2, -0.15) is 0 Å². The number of hydrogen-bond donors (Lipinski definition) is 1. The molecule has 0 aromatic carbocycles. The lowest BCUT2D eigenvalue weighted by Gasteiger charge is -2.15. The van der Waals surface area contributed by atoms with E-state index < -0.39 is 0 Å². The standard InChI is InChI=1S/C15H20N2OS/c1-10-8-17-13(11(2)15(10)18-4)9-16-12(3)14-6-5-7-19-14/h5-8,12,16H,9H2,1-4H3/t12-/m1/s1. The maximum absolute atomic E-state index is 5.43. The Morgan fingerprint density at radius 2 is 2.21 bits per heavy atom. The average molecular weight is 276 g/mol. The molecule has 1 N–H and O–H groups in total. The van der Waals surface area contributed by atoms with Crippen molar-refractivity contribution < 1.29 is 4.74 Å². The normalized spacial score (nSPS) is 12.4. The molecular weight excluding hydrogens is 256 g/mol. The fourth-order valence-electron chi connectivity index (χ4n) is 2.14. The first-order chi connectivity index (χ1) is 9.13. The summed E-state index contributed by atoms with van der Waals surface area (Å²) in [6, 6.07) is 4.57. The van der Waals surface area contributed by atoms with Gasteiger partial charge in [0.15, 0.2) is 0 Å². The summed E-state index contributed by atoms with van der Waals surface area (Å²) in [4.78, 5) is 5.84. The van der Waals surface area contributed by atoms with E-state index in [2.05, 4.69) is 41.7 Å². The van der Waals surface area contributed by atoms with Crippen LogP contribution in [0.4, 0.5) is 0 Å². The van der Waals surface area contributed by atoms with Crippen LogP contribution in [0, 0.1) is 13.8 Å². The van der Waals surface area contributed by atoms with Crippen LogP contribution in [0.3, 0.4) is 0 Å². The van der Waals surface area contributed by atoms with E-state index in [1.807, 2.05) is 13.1 Å². The van der Waals surface area contributed by atoms with Crippen molar-refractivity contribution in [2.24, 2.45) is 0 Å². The molecule has 102 valence electrons. The van der Waals surface area contributed by atoms with Crippen molar-refractivity contribution in [3.63, 3.8) is 0 Å². The number of nitrogens with one attached hydrogen (secondary N) is 1. The molecule has 0 radical (unpaired) electrons. The van der Waals surface area contributed by atoms with E-state index in [1.165, 1.54) is 4.88 Å². The van der Waals surface area contributed by atoms with Crippen LogP contribution in [-0.2, 0) is 6.54 Å². The zero-order valence-corrected chi connectivity index (χ0v) is 12.7. The fraction of sp³-hybridized carbons (Fsp3) is 0.400. The quantitative estimate of drug-likeness (QED) is 0.905. The molecule has 0 spiro atoms. The van der Waals surface area contributed by atoms with Crippen LogP contribution in [0.1, 0.15) is 34.7 Å². The highest BCUT2D eigenvalue weighted by atomic mass is 32.1. The number of aryl methyl sites for hydroxylation is 1. The largest absolute Gasteiger partial charge is 0.496 e. The van der Waals surface area contributed by atoms with Gasteiger partial charge >= 0.3 is 0 Å². The van der Waals surface area contributed by atoms with Crippen molar-refractivity contribution in [3.05, 3.63) is 45.4 Å². The number of rotatable bonds is 5. The summed E-state index contributed by atoms with van der Waals surface area (Å²) in [6.45, 7) is 7.00. The molecule has 3 nitrogen and oxygen atoms in total. The van der Waals surface area contributed by atoms with Gasteiger partial charge in [-0.3, -0.25) is 4.98 Å². The summed E-state index contributed by atoms with van der Waals surface area (Å²) in [6.07, 6.45) is 1.87. The summed E-state index contributed by atoms with van der Waals surface area (Å²) in [7, 11) is 1.71. The summed E-state index contributed by atoms with van der Waals surface area (Å²) < 4.78 is 5.43. The van der Waals surface area contributed by atoms with Crippen molar-refractivity contribution in [1.29, 1.82) is 0 Å². The molecule has 2 aromatic heterocycles. The Balaban J connectivity index is 2.08. The molecule has 0 amide bonds. The van der Waals surface area contributed by atoms with Gasteiger partial charge in [0.1, 0.15) is 5.75 Å². The highest BCUT2D eigenvalue weighted by Gasteiger charge is 2.11. The minimum atomic E-state index is 0.341. The van der Waals surface area contributed by atoms with Gasteiger partial charge in [-0.05, 0) is 32.2 Å². The summed E-state index contributed by atoms with van der Waals surface area (Å²) in [5.74, 6) is 0.940. The number of hydrogen-bond acceptors (Lipinski definition) is 4. The summed E-state index contributed by atoms with van der Waals surface area (Å²) >= 11 is 1.77. The molecule has 2 rings (SSSR count). The van der Waals surface area contributed by atoms with E-state index in [0.717, 1.165) is 29.1 Å². The lowest BCUT2D eigenvalue weighted by Crippen LogP contribution is -2.19. The maximum atomic E-state index is 5.43. The molecule has 4 heteroatoms. The third-order valence-corrected chi connectivity index (χ3v) is 4.35. The van der Waals surface area contributed by atoms with Crippen LogP contribution in [0.5, 0.6) is 5.75 Å². The Labute approximate surface area is 118 Å². The smallest absolute Gasteiger partial charge is 0.128 e. The first-order valence-electron chi connectivity index (χ1n) is 6.39. The van der Waals surface area contributed by atoms with Crippen molar-refractivity contribution in [2.45, 2.75) is 33.4 Å². The van der Waals surface area contributed by atoms with E-state index >= 15 is 0 Å². The summed E-state index contributed by atoms with van der Waals surface area (Å²) in [5, 5.41) is 5.61. The second-order valence-corrected chi connectivity index (χ2v) is 5.64. The minimum Gasteiger partial charge on any atom is -0.496 e. The Kier molecular flexibility index (Phi) is 4.56. The van der Waals surface area contributed by atoms with Crippen LogP contribution in [0.2, 0.25) is 0 Å². The van der Waals surface area contributed by atoms with Crippen molar-refractivity contribution in [1.82, 2.24) is 10.3 Å². The van der Waals surface area contributed by atoms with E-state index in [0.29, 0.717) is 6.04 Å². The molecular formula is C15H20N2OS. The fourth-order valence-corrected chi connectivity index (χ4v) is 2.90. The predicted octanol–water partition coefficient (Wildman–Crippen LogP) is 3.62. The molecule has 0 aliphatic carbocycles. The molecule has 0 bridgehead atoms. The molecule has 2 aromatic rings. The number of aromatic nitrogens is 1. The van der Waals surface area contributed by atoms with E-state index in [9.17, 15) is 0 Å².